The highest BCUT2D eigenvalue weighted by Crippen LogP contribution is 2.55. The predicted octanol–water partition coefficient (Wildman–Crippen LogP) is 2.61. The average molecular weight is 310 g/mol. The summed E-state index contributed by atoms with van der Waals surface area (Å²) in [5.41, 5.74) is 0. The molecule has 1 aliphatic heterocycles. The summed E-state index contributed by atoms with van der Waals surface area (Å²) in [6, 6.07) is 0. The van der Waals surface area contributed by atoms with E-state index in [-0.39, 0.29) is 0 Å². The molecule has 0 aromatic carbocycles. The highest BCUT2D eigenvalue weighted by atomic mass is 19.4. The molecule has 2 atom stereocenters. The summed E-state index contributed by atoms with van der Waals surface area (Å²) in [7, 11) is 0. The van der Waals surface area contributed by atoms with Crippen LogP contribution in [0, 0.1) is 0 Å². The van der Waals surface area contributed by atoms with Gasteiger partial charge in [-0.25, -0.2) is 4.79 Å². The molecule has 112 valence electrons. The Hall–Kier alpha value is -1.27. The number of alkyl halides is 10. The van der Waals surface area contributed by atoms with Gasteiger partial charge in [0.15, 0.2) is 0 Å². The Balaban J connectivity index is 3.32. The van der Waals surface area contributed by atoms with E-state index in [0.717, 1.165) is 0 Å². The van der Waals surface area contributed by atoms with Gasteiger partial charge in [-0.1, -0.05) is 0 Å². The second-order valence-electron chi connectivity index (χ2n) is 3.19. The molecule has 0 amide bonds. The Morgan fingerprint density at radius 1 is 0.842 bits per heavy atom. The van der Waals surface area contributed by atoms with Gasteiger partial charge in [-0.3, -0.25) is 4.74 Å². The third kappa shape index (κ3) is 1.99. The van der Waals surface area contributed by atoms with Crippen molar-refractivity contribution in [3.8, 4) is 0 Å². The highest BCUT2D eigenvalue weighted by molar-refractivity contribution is 5.80. The number of cyclic esters (lactones) is 1. The van der Waals surface area contributed by atoms with Crippen LogP contribution in [-0.4, -0.2) is 36.1 Å². The molecule has 0 unspecified atom stereocenters. The van der Waals surface area contributed by atoms with Crippen LogP contribution in [0.25, 0.3) is 0 Å². The minimum absolute atomic E-state index is 2.09. The first-order chi connectivity index (χ1) is 8.08. The van der Waals surface area contributed by atoms with Crippen LogP contribution >= 0.6 is 0 Å². The number of ether oxygens (including phenoxy) is 2. The Bertz CT molecular complexity index is 399. The molecular formula is C6F10O3. The van der Waals surface area contributed by atoms with Crippen molar-refractivity contribution in [2.45, 2.75) is 30.2 Å². The number of halogens is 10. The largest absolute Gasteiger partial charge is 0.470 e. The maximum atomic E-state index is 12.9. The maximum Gasteiger partial charge on any atom is 0.470 e. The maximum absolute atomic E-state index is 12.9. The third-order valence-corrected chi connectivity index (χ3v) is 1.87. The van der Waals surface area contributed by atoms with Crippen LogP contribution in [0.15, 0.2) is 0 Å². The quantitative estimate of drug-likeness (QED) is 0.510. The third-order valence-electron chi connectivity index (χ3n) is 1.87. The van der Waals surface area contributed by atoms with E-state index in [9.17, 15) is 48.7 Å². The van der Waals surface area contributed by atoms with Gasteiger partial charge >= 0.3 is 36.1 Å². The second-order valence-corrected chi connectivity index (χ2v) is 3.19. The van der Waals surface area contributed by atoms with Crippen LogP contribution in [-0.2, 0) is 14.3 Å². The summed E-state index contributed by atoms with van der Waals surface area (Å²) < 4.78 is 127. The summed E-state index contributed by atoms with van der Waals surface area (Å²) in [6.07, 6.45) is -19.6. The number of rotatable bonds is 0. The van der Waals surface area contributed by atoms with E-state index in [1.807, 2.05) is 0 Å². The molecule has 1 saturated heterocycles. The van der Waals surface area contributed by atoms with Gasteiger partial charge in [-0.05, 0) is 0 Å². The lowest BCUT2D eigenvalue weighted by molar-refractivity contribution is -0.516. The summed E-state index contributed by atoms with van der Waals surface area (Å²) >= 11 is 0. The van der Waals surface area contributed by atoms with E-state index in [2.05, 4.69) is 9.47 Å². The SMILES string of the molecule is O=C1O[C@@](F)(C(F)(F)F)C(F)(F)O[C@]1(F)C(F)(F)F. The molecule has 0 aliphatic carbocycles. The minimum Gasteiger partial charge on any atom is -0.408 e. The van der Waals surface area contributed by atoms with Crippen molar-refractivity contribution in [1.29, 1.82) is 0 Å². The fraction of sp³-hybridized carbons (Fsp3) is 0.833. The minimum atomic E-state index is -6.65. The monoisotopic (exact) mass is 310 g/mol. The van der Waals surface area contributed by atoms with Crippen LogP contribution in [0.1, 0.15) is 0 Å². The fourth-order valence-corrected chi connectivity index (χ4v) is 0.933. The second kappa shape index (κ2) is 3.64. The van der Waals surface area contributed by atoms with Gasteiger partial charge in [0, 0.05) is 0 Å². The fourth-order valence-electron chi connectivity index (χ4n) is 0.933. The molecule has 3 nitrogen and oxygen atoms in total. The average Bonchev–Trinajstić information content (AvgIpc) is 2.10. The van der Waals surface area contributed by atoms with E-state index in [1.54, 1.807) is 0 Å². The molecule has 0 saturated carbocycles. The zero-order chi connectivity index (χ0) is 15.5. The number of hydrogen-bond donors (Lipinski definition) is 0. The molecule has 0 radical (unpaired) electrons. The standard InChI is InChI=1S/C6F10O3/c7-2(4(9,10)11)1(17)18-3(8,5(12,13)14)6(15,16)19-2/t2-,3-/m0/s1. The molecule has 1 fully saturated rings. The van der Waals surface area contributed by atoms with E-state index in [0.29, 0.717) is 0 Å². The van der Waals surface area contributed by atoms with E-state index >= 15 is 0 Å². The first kappa shape index (κ1) is 15.8. The number of hydrogen-bond acceptors (Lipinski definition) is 3. The highest BCUT2D eigenvalue weighted by Gasteiger charge is 2.86. The van der Waals surface area contributed by atoms with Crippen LogP contribution in [0.3, 0.4) is 0 Å². The molecule has 1 rings (SSSR count). The zero-order valence-corrected chi connectivity index (χ0v) is 8.00. The lowest BCUT2D eigenvalue weighted by atomic mass is 10.2. The first-order valence-electron chi connectivity index (χ1n) is 3.91. The Kier molecular flexibility index (Phi) is 3.02. The molecule has 13 heteroatoms. The van der Waals surface area contributed by atoms with Crippen molar-refractivity contribution in [3.63, 3.8) is 0 Å². The van der Waals surface area contributed by atoms with Gasteiger partial charge in [0.2, 0.25) is 0 Å². The summed E-state index contributed by atoms with van der Waals surface area (Å²) in [5, 5.41) is 0. The Morgan fingerprint density at radius 2 is 1.26 bits per heavy atom. The van der Waals surface area contributed by atoms with E-state index in [1.165, 1.54) is 0 Å². The molecule has 0 bridgehead atoms. The van der Waals surface area contributed by atoms with Gasteiger partial charge in [-0.15, -0.1) is 0 Å². The van der Waals surface area contributed by atoms with E-state index in [4.69, 9.17) is 0 Å². The lowest BCUT2D eigenvalue weighted by Crippen LogP contribution is -2.71. The van der Waals surface area contributed by atoms with Crippen molar-refractivity contribution < 1.29 is 58.2 Å². The molecular weight excluding hydrogens is 310 g/mol. The van der Waals surface area contributed by atoms with Crippen LogP contribution < -0.4 is 0 Å². The van der Waals surface area contributed by atoms with Gasteiger partial charge in [0.1, 0.15) is 0 Å². The molecule has 0 aromatic rings. The summed E-state index contributed by atoms with van der Waals surface area (Å²) in [4.78, 5) is 10.4. The number of carbonyl (C=O) groups is 1. The molecule has 0 N–H and O–H groups in total. The van der Waals surface area contributed by atoms with Crippen molar-refractivity contribution in [3.05, 3.63) is 0 Å². The lowest BCUT2D eigenvalue weighted by Gasteiger charge is -2.41. The van der Waals surface area contributed by atoms with Crippen molar-refractivity contribution in [2.75, 3.05) is 0 Å². The van der Waals surface area contributed by atoms with Crippen LogP contribution in [0.5, 0.6) is 0 Å². The number of carbonyl (C=O) groups excluding carboxylic acids is 1. The molecule has 0 spiro atoms. The predicted molar refractivity (Wildman–Crippen MR) is 31.9 cm³/mol. The summed E-state index contributed by atoms with van der Waals surface area (Å²) in [5.74, 6) is -15.8. The molecule has 1 heterocycles. The molecule has 1 aliphatic rings. The molecule has 0 aromatic heterocycles. The smallest absolute Gasteiger partial charge is 0.408 e. The molecule has 19 heavy (non-hydrogen) atoms. The van der Waals surface area contributed by atoms with E-state index < -0.39 is 36.1 Å². The summed E-state index contributed by atoms with van der Waals surface area (Å²) in [6.45, 7) is 0. The number of esters is 1. The first-order valence-corrected chi connectivity index (χ1v) is 3.91. The van der Waals surface area contributed by atoms with Gasteiger partial charge < -0.3 is 4.74 Å². The van der Waals surface area contributed by atoms with Crippen molar-refractivity contribution in [2.24, 2.45) is 0 Å². The topological polar surface area (TPSA) is 35.5 Å². The van der Waals surface area contributed by atoms with Gasteiger partial charge in [-0.2, -0.15) is 43.9 Å². The zero-order valence-electron chi connectivity index (χ0n) is 8.00. The van der Waals surface area contributed by atoms with Gasteiger partial charge in [0.25, 0.3) is 0 Å². The van der Waals surface area contributed by atoms with Crippen molar-refractivity contribution >= 4 is 5.97 Å². The normalized spacial score (nSPS) is 36.0. The Labute approximate surface area is 95.6 Å². The van der Waals surface area contributed by atoms with Gasteiger partial charge in [0.05, 0.1) is 0 Å². The van der Waals surface area contributed by atoms with Crippen molar-refractivity contribution in [1.82, 2.24) is 0 Å². The van der Waals surface area contributed by atoms with Crippen LogP contribution in [0.2, 0.25) is 0 Å². The Morgan fingerprint density at radius 3 is 1.58 bits per heavy atom. The van der Waals surface area contributed by atoms with Crippen LogP contribution in [0.4, 0.5) is 43.9 Å².